The number of nitrogen functional groups attached to an aromatic ring is 1. The molecule has 0 saturated carbocycles. The summed E-state index contributed by atoms with van der Waals surface area (Å²) in [6.45, 7) is 1.15. The number of likely N-dealkylation sites (tertiary alicyclic amines) is 1. The number of pyridine rings is 1. The van der Waals surface area contributed by atoms with Crippen LogP contribution in [0, 0.1) is 0 Å². The van der Waals surface area contributed by atoms with E-state index in [9.17, 15) is 0 Å². The van der Waals surface area contributed by atoms with Gasteiger partial charge in [0.05, 0.1) is 12.8 Å². The Kier molecular flexibility index (Phi) is 3.29. The Hall–Kier alpha value is -1.29. The lowest BCUT2D eigenvalue weighted by Crippen LogP contribution is -2.29. The van der Waals surface area contributed by atoms with E-state index >= 15 is 0 Å². The minimum atomic E-state index is 0.453. The molecule has 1 atom stereocenters. The van der Waals surface area contributed by atoms with E-state index in [0.29, 0.717) is 17.6 Å². The molecule has 1 unspecified atom stereocenters. The van der Waals surface area contributed by atoms with Gasteiger partial charge in [0.15, 0.2) is 0 Å². The van der Waals surface area contributed by atoms with Crippen molar-refractivity contribution in [2.45, 2.75) is 25.3 Å². The summed E-state index contributed by atoms with van der Waals surface area (Å²) in [5.41, 5.74) is 7.70. The molecule has 4 nitrogen and oxygen atoms in total. The Bertz CT molecular complexity index is 367. The second-order valence-electron chi connectivity index (χ2n) is 4.36. The van der Waals surface area contributed by atoms with Gasteiger partial charge in [-0.2, -0.15) is 0 Å². The third-order valence-electron chi connectivity index (χ3n) is 3.25. The highest BCUT2D eigenvalue weighted by molar-refractivity contribution is 5.49. The second-order valence-corrected chi connectivity index (χ2v) is 4.36. The average Bonchev–Trinajstić information content (AvgIpc) is 2.29. The van der Waals surface area contributed by atoms with Crippen molar-refractivity contribution in [3.8, 4) is 5.88 Å². The molecule has 0 spiro atoms. The van der Waals surface area contributed by atoms with E-state index in [1.54, 1.807) is 7.11 Å². The molecular formula is C12H19N3O. The maximum atomic E-state index is 5.88. The zero-order valence-corrected chi connectivity index (χ0v) is 9.94. The van der Waals surface area contributed by atoms with Crippen molar-refractivity contribution in [1.29, 1.82) is 0 Å². The number of aromatic nitrogens is 1. The first-order valence-electron chi connectivity index (χ1n) is 5.72. The number of hydrogen-bond donors (Lipinski definition) is 1. The number of nitrogens with zero attached hydrogens (tertiary/aromatic N) is 2. The van der Waals surface area contributed by atoms with Crippen molar-refractivity contribution in [2.75, 3.05) is 26.4 Å². The fourth-order valence-electron chi connectivity index (χ4n) is 2.34. The van der Waals surface area contributed by atoms with Gasteiger partial charge < -0.3 is 10.5 Å². The van der Waals surface area contributed by atoms with Crippen LogP contribution in [0.1, 0.15) is 30.9 Å². The van der Waals surface area contributed by atoms with Gasteiger partial charge in [-0.15, -0.1) is 0 Å². The fraction of sp³-hybridized carbons (Fsp3) is 0.583. The summed E-state index contributed by atoms with van der Waals surface area (Å²) >= 11 is 0. The van der Waals surface area contributed by atoms with Crippen LogP contribution in [0.3, 0.4) is 0 Å². The second kappa shape index (κ2) is 4.70. The molecule has 1 aromatic rings. The molecule has 0 aromatic carbocycles. The molecule has 4 heteroatoms. The van der Waals surface area contributed by atoms with Gasteiger partial charge >= 0.3 is 0 Å². The first kappa shape index (κ1) is 11.2. The lowest BCUT2D eigenvalue weighted by atomic mass is 9.97. The van der Waals surface area contributed by atoms with Gasteiger partial charge in [-0.3, -0.25) is 4.90 Å². The summed E-state index contributed by atoms with van der Waals surface area (Å²) in [5, 5.41) is 0. The number of anilines is 1. The van der Waals surface area contributed by atoms with Gasteiger partial charge in [-0.25, -0.2) is 4.98 Å². The van der Waals surface area contributed by atoms with E-state index in [1.807, 2.05) is 12.3 Å². The molecule has 0 aliphatic carbocycles. The normalized spacial score (nSPS) is 22.0. The SMILES string of the molecule is COc1ncc(C2CCCCN2C)cc1N. The molecule has 1 aliphatic heterocycles. The van der Waals surface area contributed by atoms with Crippen LogP contribution >= 0.6 is 0 Å². The van der Waals surface area contributed by atoms with E-state index in [4.69, 9.17) is 10.5 Å². The summed E-state index contributed by atoms with van der Waals surface area (Å²) in [6, 6.07) is 2.44. The molecule has 2 rings (SSSR count). The highest BCUT2D eigenvalue weighted by Gasteiger charge is 2.21. The van der Waals surface area contributed by atoms with Gasteiger partial charge in [0.2, 0.25) is 5.88 Å². The van der Waals surface area contributed by atoms with E-state index in [-0.39, 0.29) is 0 Å². The zero-order chi connectivity index (χ0) is 11.5. The monoisotopic (exact) mass is 221 g/mol. The van der Waals surface area contributed by atoms with Crippen LogP contribution in [-0.4, -0.2) is 30.6 Å². The Morgan fingerprint density at radius 1 is 1.50 bits per heavy atom. The first-order chi connectivity index (χ1) is 7.72. The molecule has 1 saturated heterocycles. The number of piperidine rings is 1. The average molecular weight is 221 g/mol. The quantitative estimate of drug-likeness (QED) is 0.827. The zero-order valence-electron chi connectivity index (χ0n) is 9.94. The summed E-state index contributed by atoms with van der Waals surface area (Å²) in [5.74, 6) is 0.516. The smallest absolute Gasteiger partial charge is 0.236 e. The molecule has 16 heavy (non-hydrogen) atoms. The van der Waals surface area contributed by atoms with Crippen LogP contribution < -0.4 is 10.5 Å². The number of rotatable bonds is 2. The van der Waals surface area contributed by atoms with Crippen LogP contribution in [0.15, 0.2) is 12.3 Å². The van der Waals surface area contributed by atoms with Crippen molar-refractivity contribution in [2.24, 2.45) is 0 Å². The van der Waals surface area contributed by atoms with E-state index in [1.165, 1.54) is 24.8 Å². The minimum absolute atomic E-state index is 0.453. The van der Waals surface area contributed by atoms with Gasteiger partial charge in [0.1, 0.15) is 0 Å². The standard InChI is InChI=1S/C12H19N3O/c1-15-6-4-3-5-11(15)9-7-10(13)12(16-2)14-8-9/h7-8,11H,3-6,13H2,1-2H3. The number of ether oxygens (including phenoxy) is 1. The number of hydrogen-bond acceptors (Lipinski definition) is 4. The molecule has 0 amide bonds. The molecule has 2 N–H and O–H groups in total. The van der Waals surface area contributed by atoms with Crippen molar-refractivity contribution in [1.82, 2.24) is 9.88 Å². The van der Waals surface area contributed by atoms with Crippen molar-refractivity contribution < 1.29 is 4.74 Å². The van der Waals surface area contributed by atoms with Crippen LogP contribution in [-0.2, 0) is 0 Å². The summed E-state index contributed by atoms with van der Waals surface area (Å²) in [7, 11) is 3.75. The predicted octanol–water partition coefficient (Wildman–Crippen LogP) is 1.83. The Labute approximate surface area is 96.4 Å². The number of nitrogens with two attached hydrogens (primary N) is 1. The highest BCUT2D eigenvalue weighted by atomic mass is 16.5. The van der Waals surface area contributed by atoms with Gasteiger partial charge in [-0.05, 0) is 38.1 Å². The van der Waals surface area contributed by atoms with Gasteiger partial charge in [0, 0.05) is 12.2 Å². The molecule has 2 heterocycles. The predicted molar refractivity (Wildman–Crippen MR) is 64.4 cm³/mol. The van der Waals surface area contributed by atoms with Crippen molar-refractivity contribution in [3.63, 3.8) is 0 Å². The molecule has 0 bridgehead atoms. The molecule has 1 fully saturated rings. The van der Waals surface area contributed by atoms with Gasteiger partial charge in [0.25, 0.3) is 0 Å². The topological polar surface area (TPSA) is 51.4 Å². The maximum Gasteiger partial charge on any atom is 0.236 e. The van der Waals surface area contributed by atoms with E-state index in [2.05, 4.69) is 16.9 Å². The lowest BCUT2D eigenvalue weighted by molar-refractivity contribution is 0.187. The third kappa shape index (κ3) is 2.11. The largest absolute Gasteiger partial charge is 0.480 e. The maximum absolute atomic E-state index is 5.88. The summed E-state index contributed by atoms with van der Waals surface area (Å²) in [4.78, 5) is 6.60. The van der Waals surface area contributed by atoms with Crippen LogP contribution in [0.5, 0.6) is 5.88 Å². The van der Waals surface area contributed by atoms with E-state index < -0.39 is 0 Å². The van der Waals surface area contributed by atoms with Crippen LogP contribution in [0.2, 0.25) is 0 Å². The Balaban J connectivity index is 2.22. The molecule has 88 valence electrons. The minimum Gasteiger partial charge on any atom is -0.480 e. The summed E-state index contributed by atoms with van der Waals surface area (Å²) < 4.78 is 5.06. The summed E-state index contributed by atoms with van der Waals surface area (Å²) in [6.07, 6.45) is 5.62. The first-order valence-corrected chi connectivity index (χ1v) is 5.72. The third-order valence-corrected chi connectivity index (χ3v) is 3.25. The number of methoxy groups -OCH3 is 1. The highest BCUT2D eigenvalue weighted by Crippen LogP contribution is 2.31. The van der Waals surface area contributed by atoms with Crippen molar-refractivity contribution in [3.05, 3.63) is 17.8 Å². The van der Waals surface area contributed by atoms with Crippen LogP contribution in [0.25, 0.3) is 0 Å². The molecular weight excluding hydrogens is 202 g/mol. The van der Waals surface area contributed by atoms with Crippen molar-refractivity contribution >= 4 is 5.69 Å². The van der Waals surface area contributed by atoms with Crippen LogP contribution in [0.4, 0.5) is 5.69 Å². The Morgan fingerprint density at radius 3 is 2.94 bits per heavy atom. The Morgan fingerprint density at radius 2 is 2.31 bits per heavy atom. The van der Waals surface area contributed by atoms with Gasteiger partial charge in [-0.1, -0.05) is 6.42 Å². The van der Waals surface area contributed by atoms with E-state index in [0.717, 1.165) is 6.54 Å². The molecule has 1 aromatic heterocycles. The molecule has 1 aliphatic rings. The fourth-order valence-corrected chi connectivity index (χ4v) is 2.34. The molecule has 0 radical (unpaired) electrons. The lowest BCUT2D eigenvalue weighted by Gasteiger charge is -2.32.